The van der Waals surface area contributed by atoms with Gasteiger partial charge in [0, 0.05) is 13.2 Å². The molecule has 1 heterocycles. The number of ether oxygens (including phenoxy) is 3. The number of benzene rings is 2. The van der Waals surface area contributed by atoms with Gasteiger partial charge in [0.15, 0.2) is 0 Å². The molecule has 0 atom stereocenters. The highest BCUT2D eigenvalue weighted by Crippen LogP contribution is 2.38. The predicted octanol–water partition coefficient (Wildman–Crippen LogP) is 3.96. The topological polar surface area (TPSA) is 56.8 Å². The van der Waals surface area contributed by atoms with Crippen molar-refractivity contribution in [3.63, 3.8) is 0 Å². The highest BCUT2D eigenvalue weighted by Gasteiger charge is 2.43. The van der Waals surface area contributed by atoms with E-state index in [-0.39, 0.29) is 19.1 Å². The fourth-order valence-electron chi connectivity index (χ4n) is 3.53. The van der Waals surface area contributed by atoms with Crippen LogP contribution in [-0.4, -0.2) is 39.4 Å². The number of methoxy groups -OCH3 is 1. The van der Waals surface area contributed by atoms with Crippen LogP contribution in [0.2, 0.25) is 0 Å². The van der Waals surface area contributed by atoms with E-state index in [1.165, 1.54) is 6.07 Å². The van der Waals surface area contributed by atoms with Gasteiger partial charge in [0.25, 0.3) is 0 Å². The molecule has 0 bridgehead atoms. The van der Waals surface area contributed by atoms with Gasteiger partial charge >= 0.3 is 6.18 Å². The second-order valence-corrected chi connectivity index (χ2v) is 7.05. The first-order valence-electron chi connectivity index (χ1n) is 9.66. The minimum atomic E-state index is -4.47. The van der Waals surface area contributed by atoms with E-state index < -0.39 is 17.2 Å². The van der Waals surface area contributed by atoms with E-state index in [0.29, 0.717) is 43.1 Å². The quantitative estimate of drug-likeness (QED) is 0.685. The third kappa shape index (κ3) is 5.05. The first-order valence-corrected chi connectivity index (χ1v) is 9.66. The number of hydrogen-bond donors (Lipinski definition) is 1. The number of carbonyl (C=O) groups is 1. The molecule has 0 aromatic heterocycles. The molecule has 2 aromatic rings. The molecule has 1 fully saturated rings. The van der Waals surface area contributed by atoms with Crippen molar-refractivity contribution >= 4 is 5.91 Å². The van der Waals surface area contributed by atoms with Gasteiger partial charge in [-0.25, -0.2) is 0 Å². The van der Waals surface area contributed by atoms with E-state index >= 15 is 0 Å². The van der Waals surface area contributed by atoms with Gasteiger partial charge in [-0.1, -0.05) is 18.2 Å². The lowest BCUT2D eigenvalue weighted by atomic mass is 9.73. The Kier molecular flexibility index (Phi) is 6.87. The molecule has 0 spiro atoms. The molecular weight excluding hydrogens is 399 g/mol. The van der Waals surface area contributed by atoms with Gasteiger partial charge in [0.2, 0.25) is 5.91 Å². The SMILES string of the molecule is COc1ccc(OCCNC(=O)C2(c3cccc(C(F)(F)F)c3)CCOCC2)cc1. The van der Waals surface area contributed by atoms with Gasteiger partial charge in [-0.05, 0) is 48.7 Å². The Hall–Kier alpha value is -2.74. The van der Waals surface area contributed by atoms with Crippen LogP contribution < -0.4 is 14.8 Å². The second-order valence-electron chi connectivity index (χ2n) is 7.05. The lowest BCUT2D eigenvalue weighted by molar-refractivity contribution is -0.138. The molecule has 5 nitrogen and oxygen atoms in total. The molecule has 2 aromatic carbocycles. The van der Waals surface area contributed by atoms with Crippen molar-refractivity contribution in [3.8, 4) is 11.5 Å². The van der Waals surface area contributed by atoms with Crippen molar-refractivity contribution in [1.82, 2.24) is 5.32 Å². The molecule has 1 aliphatic rings. The number of carbonyl (C=O) groups excluding carboxylic acids is 1. The lowest BCUT2D eigenvalue weighted by Gasteiger charge is -2.36. The van der Waals surface area contributed by atoms with Crippen LogP contribution in [0, 0.1) is 0 Å². The summed E-state index contributed by atoms with van der Waals surface area (Å²) >= 11 is 0. The van der Waals surface area contributed by atoms with Crippen LogP contribution in [0.25, 0.3) is 0 Å². The van der Waals surface area contributed by atoms with Gasteiger partial charge in [-0.3, -0.25) is 4.79 Å². The van der Waals surface area contributed by atoms with Crippen LogP contribution >= 0.6 is 0 Å². The fourth-order valence-corrected chi connectivity index (χ4v) is 3.53. The Morgan fingerprint density at radius 2 is 1.77 bits per heavy atom. The first kappa shape index (κ1) is 22.0. The third-order valence-corrected chi connectivity index (χ3v) is 5.24. The third-order valence-electron chi connectivity index (χ3n) is 5.24. The minimum Gasteiger partial charge on any atom is -0.497 e. The molecule has 0 saturated carbocycles. The van der Waals surface area contributed by atoms with Crippen LogP contribution in [0.15, 0.2) is 48.5 Å². The van der Waals surface area contributed by atoms with E-state index in [0.717, 1.165) is 12.1 Å². The van der Waals surface area contributed by atoms with E-state index in [4.69, 9.17) is 14.2 Å². The zero-order chi connectivity index (χ0) is 21.6. The van der Waals surface area contributed by atoms with Crippen molar-refractivity contribution < 1.29 is 32.2 Å². The van der Waals surface area contributed by atoms with E-state index in [1.54, 1.807) is 37.4 Å². The molecule has 1 saturated heterocycles. The van der Waals surface area contributed by atoms with Crippen LogP contribution in [-0.2, 0) is 21.1 Å². The minimum absolute atomic E-state index is 0.229. The lowest BCUT2D eigenvalue weighted by Crippen LogP contribution is -2.49. The molecule has 0 unspecified atom stereocenters. The number of amides is 1. The number of nitrogens with one attached hydrogen (secondary N) is 1. The van der Waals surface area contributed by atoms with Crippen LogP contribution in [0.4, 0.5) is 13.2 Å². The molecular formula is C22H24F3NO4. The van der Waals surface area contributed by atoms with Crippen LogP contribution in [0.3, 0.4) is 0 Å². The maximum absolute atomic E-state index is 13.2. The summed E-state index contributed by atoms with van der Waals surface area (Å²) in [6.07, 6.45) is -3.83. The second kappa shape index (κ2) is 9.38. The van der Waals surface area contributed by atoms with Crippen LogP contribution in [0.5, 0.6) is 11.5 Å². The summed E-state index contributed by atoms with van der Waals surface area (Å²) in [5.41, 5.74) is -1.46. The highest BCUT2D eigenvalue weighted by atomic mass is 19.4. The summed E-state index contributed by atoms with van der Waals surface area (Å²) in [6.45, 7) is 1.08. The zero-order valence-electron chi connectivity index (χ0n) is 16.6. The van der Waals surface area contributed by atoms with Crippen molar-refractivity contribution in [3.05, 3.63) is 59.7 Å². The number of halogens is 3. The summed E-state index contributed by atoms with van der Waals surface area (Å²) < 4.78 is 55.5. The molecule has 1 amide bonds. The summed E-state index contributed by atoms with van der Waals surface area (Å²) in [5.74, 6) is 1.02. The Morgan fingerprint density at radius 1 is 1.10 bits per heavy atom. The standard InChI is InChI=1S/C22H24F3NO4/c1-28-18-5-7-19(8-6-18)30-14-11-26-20(27)21(9-12-29-13-10-21)16-3-2-4-17(15-16)22(23,24)25/h2-8,15H,9-14H2,1H3,(H,26,27). The van der Waals surface area contributed by atoms with Gasteiger partial charge in [-0.2, -0.15) is 13.2 Å². The summed E-state index contributed by atoms with van der Waals surface area (Å²) in [4.78, 5) is 13.1. The number of alkyl halides is 3. The maximum atomic E-state index is 13.2. The van der Waals surface area contributed by atoms with Gasteiger partial charge in [0.1, 0.15) is 18.1 Å². The molecule has 1 aliphatic heterocycles. The summed E-state index contributed by atoms with van der Waals surface area (Å²) in [6, 6.07) is 12.0. The largest absolute Gasteiger partial charge is 0.497 e. The van der Waals surface area contributed by atoms with Crippen molar-refractivity contribution in [2.45, 2.75) is 24.4 Å². The molecule has 0 aliphatic carbocycles. The van der Waals surface area contributed by atoms with E-state index in [1.807, 2.05) is 0 Å². The first-order chi connectivity index (χ1) is 14.3. The van der Waals surface area contributed by atoms with Crippen molar-refractivity contribution in [2.24, 2.45) is 0 Å². The van der Waals surface area contributed by atoms with Crippen molar-refractivity contribution in [2.75, 3.05) is 33.5 Å². The zero-order valence-corrected chi connectivity index (χ0v) is 16.6. The van der Waals surface area contributed by atoms with Gasteiger partial charge in [0.05, 0.1) is 24.6 Å². The van der Waals surface area contributed by atoms with E-state index in [2.05, 4.69) is 5.32 Å². The normalized spacial score (nSPS) is 16.0. The average Bonchev–Trinajstić information content (AvgIpc) is 2.77. The Balaban J connectivity index is 1.67. The summed E-state index contributed by atoms with van der Waals surface area (Å²) in [5, 5.41) is 2.82. The Morgan fingerprint density at radius 3 is 2.40 bits per heavy atom. The molecule has 1 N–H and O–H groups in total. The monoisotopic (exact) mass is 423 g/mol. The van der Waals surface area contributed by atoms with Gasteiger partial charge < -0.3 is 19.5 Å². The Bertz CT molecular complexity index is 846. The Labute approximate surface area is 173 Å². The molecule has 30 heavy (non-hydrogen) atoms. The number of rotatable bonds is 7. The fraction of sp³-hybridized carbons (Fsp3) is 0.409. The van der Waals surface area contributed by atoms with E-state index in [9.17, 15) is 18.0 Å². The molecule has 3 rings (SSSR count). The smallest absolute Gasteiger partial charge is 0.416 e. The van der Waals surface area contributed by atoms with Crippen LogP contribution in [0.1, 0.15) is 24.0 Å². The van der Waals surface area contributed by atoms with Crippen molar-refractivity contribution in [1.29, 1.82) is 0 Å². The average molecular weight is 423 g/mol. The van der Waals surface area contributed by atoms with Gasteiger partial charge in [-0.15, -0.1) is 0 Å². The predicted molar refractivity (Wildman–Crippen MR) is 105 cm³/mol. The number of hydrogen-bond acceptors (Lipinski definition) is 4. The summed E-state index contributed by atoms with van der Waals surface area (Å²) in [7, 11) is 1.57. The molecule has 162 valence electrons. The maximum Gasteiger partial charge on any atom is 0.416 e. The highest BCUT2D eigenvalue weighted by molar-refractivity contribution is 5.88. The molecule has 8 heteroatoms. The molecule has 0 radical (unpaired) electrons.